The molecule has 20 heavy (non-hydrogen) atoms. The van der Waals surface area contributed by atoms with E-state index in [0.717, 1.165) is 4.68 Å². The standard InChI is InChI=1S/C12H19N5O2S/c1-15(2)9-6-11(18)17(14-7-9)8-12(19)16(3)5-4-10(13)20/h6-7H,4-5,8H2,1-3H3,(H2,13,20). The number of carbonyl (C=O) groups excluding carboxylic acids is 1. The van der Waals surface area contributed by atoms with Crippen LogP contribution in [0, 0.1) is 0 Å². The average molecular weight is 297 g/mol. The van der Waals surface area contributed by atoms with Gasteiger partial charge in [-0.2, -0.15) is 5.10 Å². The third-order valence-electron chi connectivity index (χ3n) is 2.78. The molecule has 0 atom stereocenters. The monoisotopic (exact) mass is 297 g/mol. The molecular weight excluding hydrogens is 278 g/mol. The molecule has 1 aromatic heterocycles. The van der Waals surface area contributed by atoms with Crippen LogP contribution in [0.5, 0.6) is 0 Å². The van der Waals surface area contributed by atoms with Crippen LogP contribution in [0.25, 0.3) is 0 Å². The molecule has 0 bridgehead atoms. The molecule has 0 aliphatic carbocycles. The third-order valence-corrected chi connectivity index (χ3v) is 2.98. The molecule has 1 rings (SSSR count). The van der Waals surface area contributed by atoms with Gasteiger partial charge in [0.05, 0.1) is 16.9 Å². The van der Waals surface area contributed by atoms with Gasteiger partial charge in [-0.3, -0.25) is 9.59 Å². The summed E-state index contributed by atoms with van der Waals surface area (Å²) < 4.78 is 1.13. The summed E-state index contributed by atoms with van der Waals surface area (Å²) in [6, 6.07) is 1.44. The Morgan fingerprint density at radius 2 is 2.10 bits per heavy atom. The minimum absolute atomic E-state index is 0.0968. The number of aromatic nitrogens is 2. The SMILES string of the molecule is CN(CCC(N)=S)C(=O)Cn1ncc(N(C)C)cc1=O. The van der Waals surface area contributed by atoms with E-state index in [1.165, 1.54) is 11.0 Å². The molecule has 7 nitrogen and oxygen atoms in total. The molecule has 1 amide bonds. The molecule has 1 aromatic rings. The second-order valence-electron chi connectivity index (χ2n) is 4.64. The minimum Gasteiger partial charge on any atom is -0.393 e. The number of amides is 1. The van der Waals surface area contributed by atoms with Crippen molar-refractivity contribution in [3.8, 4) is 0 Å². The van der Waals surface area contributed by atoms with Crippen LogP contribution >= 0.6 is 12.2 Å². The van der Waals surface area contributed by atoms with E-state index >= 15 is 0 Å². The Morgan fingerprint density at radius 3 is 2.60 bits per heavy atom. The lowest BCUT2D eigenvalue weighted by Gasteiger charge is -2.17. The molecular formula is C12H19N5O2S. The smallest absolute Gasteiger partial charge is 0.269 e. The van der Waals surface area contributed by atoms with E-state index in [1.807, 2.05) is 14.1 Å². The largest absolute Gasteiger partial charge is 0.393 e. The van der Waals surface area contributed by atoms with Gasteiger partial charge in [0.25, 0.3) is 5.56 Å². The number of nitrogens with two attached hydrogens (primary N) is 1. The predicted octanol–water partition coefficient (Wildman–Crippen LogP) is -0.556. The lowest BCUT2D eigenvalue weighted by molar-refractivity contribution is -0.130. The number of hydrogen-bond donors (Lipinski definition) is 1. The molecule has 110 valence electrons. The van der Waals surface area contributed by atoms with E-state index in [1.54, 1.807) is 18.1 Å². The highest BCUT2D eigenvalue weighted by molar-refractivity contribution is 7.80. The Balaban J connectivity index is 2.71. The Bertz CT molecular complexity index is 555. The summed E-state index contributed by atoms with van der Waals surface area (Å²) in [5.41, 5.74) is 5.77. The van der Waals surface area contributed by atoms with Gasteiger partial charge in [0.15, 0.2) is 0 Å². The Labute approximate surface area is 123 Å². The number of rotatable bonds is 6. The van der Waals surface area contributed by atoms with Crippen molar-refractivity contribution in [1.82, 2.24) is 14.7 Å². The summed E-state index contributed by atoms with van der Waals surface area (Å²) in [5.74, 6) is -0.214. The fourth-order valence-electron chi connectivity index (χ4n) is 1.44. The van der Waals surface area contributed by atoms with Crippen molar-refractivity contribution in [2.75, 3.05) is 32.6 Å². The first-order chi connectivity index (χ1) is 9.31. The molecule has 0 aliphatic heterocycles. The van der Waals surface area contributed by atoms with Crippen LogP contribution in [-0.4, -0.2) is 53.3 Å². The normalized spacial score (nSPS) is 10.2. The zero-order valence-electron chi connectivity index (χ0n) is 11.9. The van der Waals surface area contributed by atoms with Crippen LogP contribution in [0.2, 0.25) is 0 Å². The molecule has 2 N–H and O–H groups in total. The summed E-state index contributed by atoms with van der Waals surface area (Å²) in [6.07, 6.45) is 2.00. The lowest BCUT2D eigenvalue weighted by Crippen LogP contribution is -2.36. The third kappa shape index (κ3) is 4.61. The van der Waals surface area contributed by atoms with Crippen molar-refractivity contribution in [2.45, 2.75) is 13.0 Å². The Kier molecular flexibility index (Phi) is 5.63. The molecule has 0 saturated carbocycles. The van der Waals surface area contributed by atoms with E-state index in [2.05, 4.69) is 5.10 Å². The second kappa shape index (κ2) is 6.99. The van der Waals surface area contributed by atoms with Gasteiger partial charge < -0.3 is 15.5 Å². The zero-order chi connectivity index (χ0) is 15.3. The maximum Gasteiger partial charge on any atom is 0.269 e. The number of likely N-dealkylation sites (N-methyl/N-ethyl adjacent to an activating group) is 1. The van der Waals surface area contributed by atoms with Crippen LogP contribution in [-0.2, 0) is 11.3 Å². The summed E-state index contributed by atoms with van der Waals surface area (Å²) >= 11 is 4.76. The van der Waals surface area contributed by atoms with Crippen molar-refractivity contribution < 1.29 is 4.79 Å². The summed E-state index contributed by atoms with van der Waals surface area (Å²) in [6.45, 7) is 0.332. The van der Waals surface area contributed by atoms with Gasteiger partial charge in [-0.05, 0) is 0 Å². The van der Waals surface area contributed by atoms with Crippen LogP contribution in [0.4, 0.5) is 5.69 Å². The van der Waals surface area contributed by atoms with E-state index in [-0.39, 0.29) is 18.0 Å². The molecule has 0 fully saturated rings. The molecule has 0 spiro atoms. The van der Waals surface area contributed by atoms with Crippen LogP contribution < -0.4 is 16.2 Å². The van der Waals surface area contributed by atoms with Gasteiger partial charge in [0.2, 0.25) is 5.91 Å². The molecule has 0 saturated heterocycles. The minimum atomic E-state index is -0.313. The second-order valence-corrected chi connectivity index (χ2v) is 5.16. The first-order valence-corrected chi connectivity index (χ1v) is 6.49. The molecule has 0 radical (unpaired) electrons. The van der Waals surface area contributed by atoms with Crippen molar-refractivity contribution in [2.24, 2.45) is 5.73 Å². The van der Waals surface area contributed by atoms with Crippen LogP contribution in [0.3, 0.4) is 0 Å². The number of hydrogen-bond acceptors (Lipinski definition) is 5. The van der Waals surface area contributed by atoms with E-state index in [0.29, 0.717) is 23.6 Å². The van der Waals surface area contributed by atoms with Crippen molar-refractivity contribution in [3.63, 3.8) is 0 Å². The molecule has 0 aliphatic rings. The van der Waals surface area contributed by atoms with Gasteiger partial charge in [-0.25, -0.2) is 4.68 Å². The predicted molar refractivity (Wildman–Crippen MR) is 81.9 cm³/mol. The number of carbonyl (C=O) groups is 1. The van der Waals surface area contributed by atoms with Gasteiger partial charge >= 0.3 is 0 Å². The maximum absolute atomic E-state index is 11.9. The van der Waals surface area contributed by atoms with Crippen molar-refractivity contribution >= 4 is 28.8 Å². The van der Waals surface area contributed by atoms with Crippen LogP contribution in [0.15, 0.2) is 17.1 Å². The fraction of sp³-hybridized carbons (Fsp3) is 0.500. The maximum atomic E-state index is 11.9. The Morgan fingerprint density at radius 1 is 1.45 bits per heavy atom. The first-order valence-electron chi connectivity index (χ1n) is 6.08. The van der Waals surface area contributed by atoms with Crippen LogP contribution in [0.1, 0.15) is 6.42 Å². The van der Waals surface area contributed by atoms with E-state index < -0.39 is 0 Å². The van der Waals surface area contributed by atoms with Gasteiger partial charge in [-0.15, -0.1) is 0 Å². The highest BCUT2D eigenvalue weighted by atomic mass is 32.1. The van der Waals surface area contributed by atoms with E-state index in [4.69, 9.17) is 18.0 Å². The highest BCUT2D eigenvalue weighted by Gasteiger charge is 2.11. The fourth-order valence-corrected chi connectivity index (χ4v) is 1.53. The topological polar surface area (TPSA) is 84.5 Å². The summed E-state index contributed by atoms with van der Waals surface area (Å²) in [7, 11) is 5.27. The molecule has 1 heterocycles. The molecule has 0 unspecified atom stereocenters. The number of nitrogens with zero attached hydrogens (tertiary/aromatic N) is 4. The quantitative estimate of drug-likeness (QED) is 0.709. The average Bonchev–Trinajstić information content (AvgIpc) is 2.37. The van der Waals surface area contributed by atoms with Gasteiger partial charge in [-0.1, -0.05) is 12.2 Å². The van der Waals surface area contributed by atoms with Gasteiger partial charge in [0, 0.05) is 40.2 Å². The van der Waals surface area contributed by atoms with Crippen molar-refractivity contribution in [1.29, 1.82) is 0 Å². The zero-order valence-corrected chi connectivity index (χ0v) is 12.7. The summed E-state index contributed by atoms with van der Waals surface area (Å²) in [5, 5.41) is 3.98. The highest BCUT2D eigenvalue weighted by Crippen LogP contribution is 2.03. The molecule has 8 heteroatoms. The number of anilines is 1. The lowest BCUT2D eigenvalue weighted by atomic mass is 10.4. The van der Waals surface area contributed by atoms with E-state index in [9.17, 15) is 9.59 Å². The Hall–Kier alpha value is -1.96. The van der Waals surface area contributed by atoms with Crippen molar-refractivity contribution in [3.05, 3.63) is 22.6 Å². The number of thiocarbonyl (C=S) groups is 1. The first kappa shape index (κ1) is 16.1. The van der Waals surface area contributed by atoms with Gasteiger partial charge in [0.1, 0.15) is 6.54 Å². The molecule has 0 aromatic carbocycles. The summed E-state index contributed by atoms with van der Waals surface area (Å²) in [4.78, 5) is 27.4.